The van der Waals surface area contributed by atoms with E-state index in [9.17, 15) is 0 Å². The fraction of sp³-hybridized carbons (Fsp3) is 1.00. The molecule has 1 saturated carbocycles. The smallest absolute Gasteiger partial charge is 0.0131 e. The minimum absolute atomic E-state index is 0.333. The van der Waals surface area contributed by atoms with E-state index < -0.39 is 0 Å². The summed E-state index contributed by atoms with van der Waals surface area (Å²) in [6, 6.07) is 1.05. The predicted molar refractivity (Wildman–Crippen MR) is 71.5 cm³/mol. The van der Waals surface area contributed by atoms with Crippen molar-refractivity contribution in [3.8, 4) is 0 Å². The highest BCUT2D eigenvalue weighted by Gasteiger charge is 2.36. The van der Waals surface area contributed by atoms with Crippen LogP contribution in [0.15, 0.2) is 0 Å². The number of hydrogen-bond acceptors (Lipinski definition) is 2. The molecule has 1 aliphatic rings. The van der Waals surface area contributed by atoms with Crippen LogP contribution in [0.3, 0.4) is 0 Å². The third-order valence-corrected chi connectivity index (χ3v) is 4.67. The molecule has 16 heavy (non-hydrogen) atoms. The Morgan fingerprint density at radius 3 is 2.62 bits per heavy atom. The Morgan fingerprint density at radius 2 is 2.06 bits per heavy atom. The average Bonchev–Trinajstić information content (AvgIpc) is 2.23. The molecule has 0 aromatic carbocycles. The van der Waals surface area contributed by atoms with Crippen molar-refractivity contribution in [3.63, 3.8) is 0 Å². The summed E-state index contributed by atoms with van der Waals surface area (Å²) in [6.45, 7) is 10.4. The van der Waals surface area contributed by atoms with Crippen LogP contribution >= 0.6 is 0 Å². The molecule has 96 valence electrons. The molecule has 0 aliphatic heterocycles. The first kappa shape index (κ1) is 14.0. The van der Waals surface area contributed by atoms with Gasteiger partial charge in [0, 0.05) is 18.6 Å². The SMILES string of the molecule is CCC(C)N(C)CC1CCCC(C)(C)C1N. The molecule has 3 unspecified atom stereocenters. The maximum absolute atomic E-state index is 6.42. The van der Waals surface area contributed by atoms with Crippen molar-refractivity contribution in [2.24, 2.45) is 17.1 Å². The topological polar surface area (TPSA) is 29.3 Å². The minimum atomic E-state index is 0.333. The molecule has 0 bridgehead atoms. The van der Waals surface area contributed by atoms with Crippen molar-refractivity contribution in [1.29, 1.82) is 0 Å². The molecule has 0 spiro atoms. The van der Waals surface area contributed by atoms with Gasteiger partial charge in [-0.1, -0.05) is 27.2 Å². The van der Waals surface area contributed by atoms with Gasteiger partial charge in [-0.15, -0.1) is 0 Å². The Hall–Kier alpha value is -0.0800. The fourth-order valence-electron chi connectivity index (χ4n) is 2.87. The Bertz CT molecular complexity index is 213. The largest absolute Gasteiger partial charge is 0.327 e. The lowest BCUT2D eigenvalue weighted by Crippen LogP contribution is -2.50. The molecule has 2 heteroatoms. The van der Waals surface area contributed by atoms with Crippen LogP contribution in [-0.4, -0.2) is 30.6 Å². The molecule has 0 aromatic heterocycles. The highest BCUT2D eigenvalue weighted by atomic mass is 15.1. The first-order chi connectivity index (χ1) is 7.38. The molecule has 1 aliphatic carbocycles. The Kier molecular flexibility index (Phi) is 4.81. The van der Waals surface area contributed by atoms with Crippen LogP contribution in [0.25, 0.3) is 0 Å². The Labute approximate surface area is 102 Å². The third kappa shape index (κ3) is 3.21. The van der Waals surface area contributed by atoms with E-state index in [2.05, 4.69) is 39.6 Å². The van der Waals surface area contributed by atoms with E-state index in [-0.39, 0.29) is 0 Å². The van der Waals surface area contributed by atoms with Crippen molar-refractivity contribution >= 4 is 0 Å². The lowest BCUT2D eigenvalue weighted by Gasteiger charge is -2.43. The summed E-state index contributed by atoms with van der Waals surface area (Å²) in [5.74, 6) is 0.683. The van der Waals surface area contributed by atoms with Crippen LogP contribution in [0.4, 0.5) is 0 Å². The monoisotopic (exact) mass is 226 g/mol. The first-order valence-electron chi connectivity index (χ1n) is 6.84. The summed E-state index contributed by atoms with van der Waals surface area (Å²) in [5, 5.41) is 0. The van der Waals surface area contributed by atoms with Gasteiger partial charge in [-0.05, 0) is 44.6 Å². The van der Waals surface area contributed by atoms with Crippen LogP contribution in [-0.2, 0) is 0 Å². The predicted octanol–water partition coefficient (Wildman–Crippen LogP) is 2.87. The van der Waals surface area contributed by atoms with Crippen LogP contribution in [0.5, 0.6) is 0 Å². The van der Waals surface area contributed by atoms with E-state index in [1.54, 1.807) is 0 Å². The molecule has 0 aromatic rings. The summed E-state index contributed by atoms with van der Waals surface area (Å²) in [4.78, 5) is 2.48. The van der Waals surface area contributed by atoms with Crippen molar-refractivity contribution in [1.82, 2.24) is 4.90 Å². The standard InChI is InChI=1S/C14H30N2/c1-6-11(2)16(5)10-12-8-7-9-14(3,4)13(12)15/h11-13H,6-10,15H2,1-5H3. The Balaban J connectivity index is 2.53. The van der Waals surface area contributed by atoms with Crippen LogP contribution < -0.4 is 5.73 Å². The summed E-state index contributed by atoms with van der Waals surface area (Å²) in [5.41, 5.74) is 6.75. The summed E-state index contributed by atoms with van der Waals surface area (Å²) in [6.07, 6.45) is 5.17. The molecule has 0 saturated heterocycles. The molecule has 0 heterocycles. The molecule has 2 nitrogen and oxygen atoms in total. The number of hydrogen-bond donors (Lipinski definition) is 1. The summed E-state index contributed by atoms with van der Waals surface area (Å²) >= 11 is 0. The molecule has 2 N–H and O–H groups in total. The van der Waals surface area contributed by atoms with Gasteiger partial charge >= 0.3 is 0 Å². The lowest BCUT2D eigenvalue weighted by atomic mass is 9.68. The summed E-state index contributed by atoms with van der Waals surface area (Å²) < 4.78 is 0. The molecule has 0 amide bonds. The second-order valence-electron chi connectivity index (χ2n) is 6.36. The minimum Gasteiger partial charge on any atom is -0.327 e. The van der Waals surface area contributed by atoms with Crippen molar-refractivity contribution < 1.29 is 0 Å². The van der Waals surface area contributed by atoms with Gasteiger partial charge in [0.05, 0.1) is 0 Å². The second kappa shape index (κ2) is 5.50. The zero-order chi connectivity index (χ0) is 12.3. The second-order valence-corrected chi connectivity index (χ2v) is 6.36. The number of rotatable bonds is 4. The van der Waals surface area contributed by atoms with E-state index in [4.69, 9.17) is 5.73 Å². The van der Waals surface area contributed by atoms with Crippen molar-refractivity contribution in [2.45, 2.75) is 65.5 Å². The van der Waals surface area contributed by atoms with Crippen LogP contribution in [0.1, 0.15) is 53.4 Å². The maximum atomic E-state index is 6.42. The maximum Gasteiger partial charge on any atom is 0.0131 e. The molecule has 1 rings (SSSR count). The zero-order valence-electron chi connectivity index (χ0n) is 11.8. The lowest BCUT2D eigenvalue weighted by molar-refractivity contribution is 0.0982. The normalized spacial score (nSPS) is 31.7. The van der Waals surface area contributed by atoms with E-state index in [1.807, 2.05) is 0 Å². The molecular formula is C14H30N2. The van der Waals surface area contributed by atoms with Gasteiger partial charge in [0.1, 0.15) is 0 Å². The van der Waals surface area contributed by atoms with Gasteiger partial charge in [-0.3, -0.25) is 0 Å². The van der Waals surface area contributed by atoms with Crippen molar-refractivity contribution in [3.05, 3.63) is 0 Å². The van der Waals surface area contributed by atoms with E-state index in [0.717, 1.165) is 0 Å². The quantitative estimate of drug-likeness (QED) is 0.798. The molecule has 1 fully saturated rings. The number of nitrogens with two attached hydrogens (primary N) is 1. The fourth-order valence-corrected chi connectivity index (χ4v) is 2.87. The summed E-state index contributed by atoms with van der Waals surface area (Å²) in [7, 11) is 2.24. The highest BCUT2D eigenvalue weighted by Crippen LogP contribution is 2.38. The van der Waals surface area contributed by atoms with E-state index in [0.29, 0.717) is 23.4 Å². The van der Waals surface area contributed by atoms with Gasteiger partial charge in [0.25, 0.3) is 0 Å². The highest BCUT2D eigenvalue weighted by molar-refractivity contribution is 4.92. The van der Waals surface area contributed by atoms with Crippen LogP contribution in [0.2, 0.25) is 0 Å². The van der Waals surface area contributed by atoms with Gasteiger partial charge in [0.2, 0.25) is 0 Å². The van der Waals surface area contributed by atoms with Crippen molar-refractivity contribution in [2.75, 3.05) is 13.6 Å². The Morgan fingerprint density at radius 1 is 1.44 bits per heavy atom. The number of nitrogens with zero attached hydrogens (tertiary/aromatic N) is 1. The average molecular weight is 226 g/mol. The molecular weight excluding hydrogens is 196 g/mol. The third-order valence-electron chi connectivity index (χ3n) is 4.67. The van der Waals surface area contributed by atoms with Crippen LogP contribution in [0, 0.1) is 11.3 Å². The van der Waals surface area contributed by atoms with E-state index in [1.165, 1.54) is 32.2 Å². The molecule has 0 radical (unpaired) electrons. The van der Waals surface area contributed by atoms with Gasteiger partial charge < -0.3 is 10.6 Å². The van der Waals surface area contributed by atoms with E-state index >= 15 is 0 Å². The van der Waals surface area contributed by atoms with Gasteiger partial charge in [-0.2, -0.15) is 0 Å². The van der Waals surface area contributed by atoms with Gasteiger partial charge in [-0.25, -0.2) is 0 Å². The first-order valence-corrected chi connectivity index (χ1v) is 6.84. The molecule has 3 atom stereocenters. The zero-order valence-corrected chi connectivity index (χ0v) is 11.8. The van der Waals surface area contributed by atoms with Gasteiger partial charge in [0.15, 0.2) is 0 Å².